The molecule has 156 valence electrons. The highest BCUT2D eigenvalue weighted by molar-refractivity contribution is 6.33. The third kappa shape index (κ3) is 9.48. The van der Waals surface area contributed by atoms with E-state index in [2.05, 4.69) is 22.8 Å². The molecule has 0 atom stereocenters. The van der Waals surface area contributed by atoms with Gasteiger partial charge in [0.2, 0.25) is 0 Å². The third-order valence-electron chi connectivity index (χ3n) is 4.39. The number of hydrogen-bond acceptors (Lipinski definition) is 3. The summed E-state index contributed by atoms with van der Waals surface area (Å²) in [6, 6.07) is 14.2. The number of para-hydroxylation sites is 1. The molecule has 2 amide bonds. The second-order valence-electron chi connectivity index (χ2n) is 6.84. The summed E-state index contributed by atoms with van der Waals surface area (Å²) in [7, 11) is 0. The van der Waals surface area contributed by atoms with Gasteiger partial charge in [-0.05, 0) is 36.8 Å². The molecule has 29 heavy (non-hydrogen) atoms. The van der Waals surface area contributed by atoms with Gasteiger partial charge in [0.05, 0.1) is 17.8 Å². The first-order valence-corrected chi connectivity index (χ1v) is 10.6. The van der Waals surface area contributed by atoms with Crippen molar-refractivity contribution in [3.05, 3.63) is 59.1 Å². The highest BCUT2D eigenvalue weighted by Gasteiger charge is 2.02. The number of hydrogen-bond donors (Lipinski definition) is 2. The van der Waals surface area contributed by atoms with Crippen LogP contribution >= 0.6 is 11.6 Å². The van der Waals surface area contributed by atoms with Gasteiger partial charge in [0.1, 0.15) is 5.75 Å². The number of hydrazone groups is 1. The SMILES string of the molecule is CCCCCCCCCOc1ccc(/C=N/NC(=O)Nc2ccccc2)c(Cl)c1. The van der Waals surface area contributed by atoms with Gasteiger partial charge in [-0.15, -0.1) is 0 Å². The molecule has 0 unspecified atom stereocenters. The van der Waals surface area contributed by atoms with Gasteiger partial charge in [0.15, 0.2) is 0 Å². The van der Waals surface area contributed by atoms with Crippen molar-refractivity contribution in [2.45, 2.75) is 51.9 Å². The fourth-order valence-electron chi connectivity index (χ4n) is 2.79. The van der Waals surface area contributed by atoms with E-state index in [4.69, 9.17) is 16.3 Å². The van der Waals surface area contributed by atoms with E-state index in [1.54, 1.807) is 18.2 Å². The Labute approximate surface area is 178 Å². The average molecular weight is 416 g/mol. The molecule has 5 nitrogen and oxygen atoms in total. The van der Waals surface area contributed by atoms with Gasteiger partial charge in [0, 0.05) is 11.3 Å². The highest BCUT2D eigenvalue weighted by atomic mass is 35.5. The predicted octanol–water partition coefficient (Wildman–Crippen LogP) is 6.63. The lowest BCUT2D eigenvalue weighted by Gasteiger charge is -2.08. The van der Waals surface area contributed by atoms with Crippen LogP contribution < -0.4 is 15.5 Å². The number of carbonyl (C=O) groups excluding carboxylic acids is 1. The molecule has 0 spiro atoms. The number of anilines is 1. The molecule has 0 radical (unpaired) electrons. The van der Waals surface area contributed by atoms with E-state index in [0.717, 1.165) is 12.2 Å². The Morgan fingerprint density at radius 3 is 2.48 bits per heavy atom. The lowest BCUT2D eigenvalue weighted by atomic mass is 10.1. The first-order valence-electron chi connectivity index (χ1n) is 10.3. The van der Waals surface area contributed by atoms with Crippen LogP contribution in [-0.4, -0.2) is 18.9 Å². The molecule has 2 aromatic carbocycles. The predicted molar refractivity (Wildman–Crippen MR) is 121 cm³/mol. The number of benzene rings is 2. The molecule has 6 heteroatoms. The topological polar surface area (TPSA) is 62.7 Å². The van der Waals surface area contributed by atoms with Crippen LogP contribution in [0.1, 0.15) is 57.4 Å². The summed E-state index contributed by atoms with van der Waals surface area (Å²) in [5.41, 5.74) is 3.82. The molecule has 0 bridgehead atoms. The minimum atomic E-state index is -0.418. The van der Waals surface area contributed by atoms with Gasteiger partial charge >= 0.3 is 6.03 Å². The van der Waals surface area contributed by atoms with E-state index in [-0.39, 0.29) is 0 Å². The molecule has 2 rings (SSSR count). The standard InChI is InChI=1S/C23H30ClN3O2/c1-2-3-4-5-6-7-11-16-29-21-15-14-19(22(24)17-21)18-25-27-23(28)26-20-12-9-8-10-13-20/h8-10,12-15,17-18H,2-7,11,16H2,1H3,(H2,26,27,28)/b25-18+. The molecule has 0 heterocycles. The summed E-state index contributed by atoms with van der Waals surface area (Å²) < 4.78 is 5.77. The highest BCUT2D eigenvalue weighted by Crippen LogP contribution is 2.21. The van der Waals surface area contributed by atoms with Gasteiger partial charge in [-0.2, -0.15) is 5.10 Å². The number of rotatable bonds is 12. The van der Waals surface area contributed by atoms with Crippen molar-refractivity contribution < 1.29 is 9.53 Å². The van der Waals surface area contributed by atoms with Crippen LogP contribution in [0.2, 0.25) is 5.02 Å². The molecule has 0 saturated carbocycles. The third-order valence-corrected chi connectivity index (χ3v) is 4.72. The number of nitrogens with one attached hydrogen (secondary N) is 2. The van der Waals surface area contributed by atoms with Gasteiger partial charge in [0.25, 0.3) is 0 Å². The molecule has 0 saturated heterocycles. The van der Waals surface area contributed by atoms with Gasteiger partial charge in [-0.25, -0.2) is 10.2 Å². The van der Waals surface area contributed by atoms with Crippen molar-refractivity contribution in [2.75, 3.05) is 11.9 Å². The fourth-order valence-corrected chi connectivity index (χ4v) is 3.01. The van der Waals surface area contributed by atoms with E-state index in [9.17, 15) is 4.79 Å². The summed E-state index contributed by atoms with van der Waals surface area (Å²) >= 11 is 6.29. The zero-order chi connectivity index (χ0) is 20.7. The second kappa shape index (κ2) is 13.6. The van der Waals surface area contributed by atoms with E-state index < -0.39 is 6.03 Å². The number of urea groups is 1. The number of amides is 2. The molecule has 0 aliphatic carbocycles. The second-order valence-corrected chi connectivity index (χ2v) is 7.25. The van der Waals surface area contributed by atoms with Crippen molar-refractivity contribution in [3.63, 3.8) is 0 Å². The maximum Gasteiger partial charge on any atom is 0.339 e. The summed E-state index contributed by atoms with van der Waals surface area (Å²) in [5, 5.41) is 7.14. The van der Waals surface area contributed by atoms with Gasteiger partial charge < -0.3 is 10.1 Å². The number of unbranched alkanes of at least 4 members (excludes halogenated alkanes) is 6. The summed E-state index contributed by atoms with van der Waals surface area (Å²) in [4.78, 5) is 11.8. The molecule has 0 fully saturated rings. The molecular weight excluding hydrogens is 386 g/mol. The first kappa shape index (κ1) is 22.8. The lowest BCUT2D eigenvalue weighted by molar-refractivity contribution is 0.252. The van der Waals surface area contributed by atoms with E-state index in [1.165, 1.54) is 44.7 Å². The molecule has 0 aliphatic heterocycles. The molecule has 0 aliphatic rings. The molecule has 2 aromatic rings. The molecule has 2 N–H and O–H groups in total. The number of halogens is 1. The van der Waals surface area contributed by atoms with E-state index >= 15 is 0 Å². The van der Waals surface area contributed by atoms with Crippen LogP contribution in [0.3, 0.4) is 0 Å². The Bertz CT molecular complexity index is 766. The Morgan fingerprint density at radius 1 is 1.03 bits per heavy atom. The van der Waals surface area contributed by atoms with Gasteiger partial charge in [-0.1, -0.05) is 75.2 Å². The van der Waals surface area contributed by atoms with Crippen LogP contribution in [0.15, 0.2) is 53.6 Å². The van der Waals surface area contributed by atoms with Crippen LogP contribution in [0.25, 0.3) is 0 Å². The zero-order valence-electron chi connectivity index (χ0n) is 17.0. The summed E-state index contributed by atoms with van der Waals surface area (Å²) in [5.74, 6) is 0.743. The van der Waals surface area contributed by atoms with Crippen molar-refractivity contribution in [2.24, 2.45) is 5.10 Å². The lowest BCUT2D eigenvalue weighted by Crippen LogP contribution is -2.24. The van der Waals surface area contributed by atoms with Crippen molar-refractivity contribution >= 4 is 29.5 Å². The Kier molecular flexibility index (Phi) is 10.7. The monoisotopic (exact) mass is 415 g/mol. The van der Waals surface area contributed by atoms with E-state index in [1.807, 2.05) is 30.3 Å². The smallest absolute Gasteiger partial charge is 0.339 e. The number of nitrogens with zero attached hydrogens (tertiary/aromatic N) is 1. The van der Waals surface area contributed by atoms with Crippen LogP contribution in [0.5, 0.6) is 5.75 Å². The van der Waals surface area contributed by atoms with Gasteiger partial charge in [-0.3, -0.25) is 0 Å². The van der Waals surface area contributed by atoms with Crippen molar-refractivity contribution in [1.82, 2.24) is 5.43 Å². The first-order chi connectivity index (χ1) is 14.2. The maximum atomic E-state index is 11.8. The maximum absolute atomic E-state index is 11.8. The van der Waals surface area contributed by atoms with E-state index in [0.29, 0.717) is 22.9 Å². The molecule has 0 aromatic heterocycles. The Hall–Kier alpha value is -2.53. The quantitative estimate of drug-likeness (QED) is 0.232. The Morgan fingerprint density at radius 2 is 1.76 bits per heavy atom. The fraction of sp³-hybridized carbons (Fsp3) is 0.391. The summed E-state index contributed by atoms with van der Waals surface area (Å²) in [6.45, 7) is 2.92. The number of carbonyl (C=O) groups is 1. The number of ether oxygens (including phenoxy) is 1. The largest absolute Gasteiger partial charge is 0.494 e. The van der Waals surface area contributed by atoms with Crippen LogP contribution in [-0.2, 0) is 0 Å². The van der Waals surface area contributed by atoms with Crippen LogP contribution in [0, 0.1) is 0 Å². The van der Waals surface area contributed by atoms with Crippen molar-refractivity contribution in [3.8, 4) is 5.75 Å². The zero-order valence-corrected chi connectivity index (χ0v) is 17.8. The van der Waals surface area contributed by atoms with Crippen LogP contribution in [0.4, 0.5) is 10.5 Å². The van der Waals surface area contributed by atoms with Crippen molar-refractivity contribution in [1.29, 1.82) is 0 Å². The normalized spacial score (nSPS) is 10.8. The minimum absolute atomic E-state index is 0.418. The average Bonchev–Trinajstić information content (AvgIpc) is 2.72. The summed E-state index contributed by atoms with van der Waals surface area (Å²) in [6.07, 6.45) is 10.3. The Balaban J connectivity index is 1.69. The minimum Gasteiger partial charge on any atom is -0.494 e. The molecular formula is C23H30ClN3O2.